The van der Waals surface area contributed by atoms with Crippen LogP contribution < -0.4 is 5.49 Å². The number of benzene rings is 2. The number of nitrogens with zero attached hydrogens (tertiary/aromatic N) is 2. The van der Waals surface area contributed by atoms with Gasteiger partial charge in [0, 0.05) is 5.39 Å². The van der Waals surface area contributed by atoms with Gasteiger partial charge >= 0.3 is 0 Å². The minimum absolute atomic E-state index is 0.437. The van der Waals surface area contributed by atoms with Crippen molar-refractivity contribution in [1.82, 2.24) is 4.73 Å². The second-order valence-corrected chi connectivity index (χ2v) is 4.53. The molecule has 94 valence electrons. The van der Waals surface area contributed by atoms with Crippen LogP contribution in [0.25, 0.3) is 10.9 Å². The first kappa shape index (κ1) is 11.8. The van der Waals surface area contributed by atoms with Crippen molar-refractivity contribution >= 4 is 28.2 Å². The Morgan fingerprint density at radius 3 is 2.47 bits per heavy atom. The van der Waals surface area contributed by atoms with E-state index in [2.05, 4.69) is 4.99 Å². The first-order valence-electron chi connectivity index (χ1n) is 5.85. The summed E-state index contributed by atoms with van der Waals surface area (Å²) < 4.78 is 1.07. The third-order valence-electron chi connectivity index (χ3n) is 2.88. The normalized spacial score (nSPS) is 11.9. The largest absolute Gasteiger partial charge is 0.426 e. The number of hydrogen-bond acceptors (Lipinski definition) is 2. The molecule has 2 aromatic carbocycles. The number of hydrogen-bond donors (Lipinski definition) is 1. The molecule has 0 aliphatic carbocycles. The maximum Gasteiger partial charge on any atom is 0.169 e. The van der Waals surface area contributed by atoms with Gasteiger partial charge in [-0.25, -0.2) is 4.99 Å². The highest BCUT2D eigenvalue weighted by atomic mass is 35.5. The predicted molar refractivity (Wildman–Crippen MR) is 75.8 cm³/mol. The summed E-state index contributed by atoms with van der Waals surface area (Å²) in [6.07, 6.45) is 0. The Hall–Kier alpha value is -2.26. The molecule has 0 unspecified atom stereocenters. The maximum absolute atomic E-state index is 10.2. The van der Waals surface area contributed by atoms with Crippen molar-refractivity contribution in [2.75, 3.05) is 0 Å². The Balaban J connectivity index is 2.27. The van der Waals surface area contributed by atoms with E-state index in [1.807, 2.05) is 42.5 Å². The van der Waals surface area contributed by atoms with Crippen LogP contribution in [0.3, 0.4) is 0 Å². The van der Waals surface area contributed by atoms with Gasteiger partial charge in [-0.05, 0) is 30.3 Å². The van der Waals surface area contributed by atoms with E-state index in [9.17, 15) is 5.21 Å². The van der Waals surface area contributed by atoms with E-state index in [0.29, 0.717) is 21.7 Å². The summed E-state index contributed by atoms with van der Waals surface area (Å²) in [6, 6.07) is 18.5. The molecule has 4 heteroatoms. The van der Waals surface area contributed by atoms with Crippen molar-refractivity contribution in [3.63, 3.8) is 0 Å². The fourth-order valence-electron chi connectivity index (χ4n) is 1.93. The smallest absolute Gasteiger partial charge is 0.169 e. The zero-order chi connectivity index (χ0) is 13.2. The lowest BCUT2D eigenvalue weighted by Gasteiger charge is -2.04. The number of pyridine rings is 1. The van der Waals surface area contributed by atoms with Gasteiger partial charge in [0.1, 0.15) is 0 Å². The molecule has 0 radical (unpaired) electrons. The van der Waals surface area contributed by atoms with Gasteiger partial charge in [0.25, 0.3) is 0 Å². The van der Waals surface area contributed by atoms with E-state index in [1.165, 1.54) is 0 Å². The van der Waals surface area contributed by atoms with Gasteiger partial charge in [-0.2, -0.15) is 4.73 Å². The number of fused-ring (bicyclic) bond motifs is 1. The molecule has 1 N–H and O–H groups in total. The molecular weight excluding hydrogens is 260 g/mol. The summed E-state index contributed by atoms with van der Waals surface area (Å²) >= 11 is 6.06. The van der Waals surface area contributed by atoms with Crippen LogP contribution in [0.5, 0.6) is 0 Å². The van der Waals surface area contributed by atoms with Crippen molar-refractivity contribution in [1.29, 1.82) is 0 Å². The van der Waals surface area contributed by atoms with Crippen molar-refractivity contribution in [2.24, 2.45) is 4.99 Å². The van der Waals surface area contributed by atoms with Crippen LogP contribution in [0.15, 0.2) is 65.7 Å². The van der Waals surface area contributed by atoms with E-state index in [0.717, 1.165) is 10.1 Å². The van der Waals surface area contributed by atoms with E-state index in [1.54, 1.807) is 18.2 Å². The molecule has 0 amide bonds. The summed E-state index contributed by atoms with van der Waals surface area (Å²) in [5.41, 5.74) is 1.77. The molecule has 0 aliphatic heterocycles. The van der Waals surface area contributed by atoms with Gasteiger partial charge in [-0.1, -0.05) is 41.9 Å². The lowest BCUT2D eigenvalue weighted by atomic mass is 10.2. The molecular formula is C15H11ClN2O. The number of rotatable bonds is 1. The SMILES string of the molecule is On1c(=Nc2ccccc2Cl)ccc2ccccc21. The Morgan fingerprint density at radius 2 is 1.63 bits per heavy atom. The lowest BCUT2D eigenvalue weighted by Crippen LogP contribution is -2.17. The van der Waals surface area contributed by atoms with Crippen LogP contribution in [-0.4, -0.2) is 9.94 Å². The van der Waals surface area contributed by atoms with Gasteiger partial charge in [0.15, 0.2) is 5.49 Å². The first-order chi connectivity index (χ1) is 9.25. The second-order valence-electron chi connectivity index (χ2n) is 4.13. The molecule has 0 atom stereocenters. The van der Waals surface area contributed by atoms with E-state index >= 15 is 0 Å². The quantitative estimate of drug-likeness (QED) is 0.672. The van der Waals surface area contributed by atoms with Gasteiger partial charge in [0.05, 0.1) is 16.2 Å². The van der Waals surface area contributed by atoms with Crippen LogP contribution in [0.1, 0.15) is 0 Å². The molecule has 0 spiro atoms. The minimum Gasteiger partial charge on any atom is -0.426 e. The summed E-state index contributed by atoms with van der Waals surface area (Å²) in [5, 5.41) is 11.7. The van der Waals surface area contributed by atoms with Gasteiger partial charge in [-0.15, -0.1) is 0 Å². The van der Waals surface area contributed by atoms with Gasteiger partial charge < -0.3 is 5.21 Å². The molecule has 3 rings (SSSR count). The first-order valence-corrected chi connectivity index (χ1v) is 6.23. The van der Waals surface area contributed by atoms with Gasteiger partial charge in [-0.3, -0.25) is 0 Å². The molecule has 1 heterocycles. The van der Waals surface area contributed by atoms with Crippen molar-refractivity contribution in [3.05, 3.63) is 71.2 Å². The summed E-state index contributed by atoms with van der Waals surface area (Å²) in [7, 11) is 0. The highest BCUT2D eigenvalue weighted by molar-refractivity contribution is 6.32. The zero-order valence-corrected chi connectivity index (χ0v) is 10.7. The second kappa shape index (κ2) is 4.78. The Bertz CT molecular complexity index is 808. The lowest BCUT2D eigenvalue weighted by molar-refractivity contribution is 0.186. The Morgan fingerprint density at radius 1 is 0.895 bits per heavy atom. The summed E-state index contributed by atoms with van der Waals surface area (Å²) in [5.74, 6) is 0. The average Bonchev–Trinajstić information content (AvgIpc) is 2.44. The predicted octanol–water partition coefficient (Wildman–Crippen LogP) is 3.76. The fourth-order valence-corrected chi connectivity index (χ4v) is 2.11. The topological polar surface area (TPSA) is 37.5 Å². The van der Waals surface area contributed by atoms with Crippen LogP contribution in [0.2, 0.25) is 5.02 Å². The highest BCUT2D eigenvalue weighted by Crippen LogP contribution is 2.22. The molecule has 19 heavy (non-hydrogen) atoms. The van der Waals surface area contributed by atoms with Crippen molar-refractivity contribution in [3.8, 4) is 0 Å². The maximum atomic E-state index is 10.2. The Labute approximate surface area is 115 Å². The number of aromatic nitrogens is 1. The molecule has 1 aromatic heterocycles. The summed E-state index contributed by atoms with van der Waals surface area (Å²) in [6.45, 7) is 0. The molecule has 0 aliphatic rings. The Kier molecular flexibility index (Phi) is 2.97. The van der Waals surface area contributed by atoms with E-state index < -0.39 is 0 Å². The monoisotopic (exact) mass is 270 g/mol. The molecule has 3 aromatic rings. The molecule has 0 saturated carbocycles. The van der Waals surface area contributed by atoms with Crippen molar-refractivity contribution in [2.45, 2.75) is 0 Å². The highest BCUT2D eigenvalue weighted by Gasteiger charge is 2.00. The molecule has 0 saturated heterocycles. The van der Waals surface area contributed by atoms with Crippen LogP contribution in [0, 0.1) is 0 Å². The van der Waals surface area contributed by atoms with Crippen molar-refractivity contribution < 1.29 is 5.21 Å². The van der Waals surface area contributed by atoms with E-state index in [4.69, 9.17) is 11.6 Å². The molecule has 0 bridgehead atoms. The number of para-hydroxylation sites is 2. The van der Waals surface area contributed by atoms with Gasteiger partial charge in [0.2, 0.25) is 0 Å². The van der Waals surface area contributed by atoms with E-state index in [-0.39, 0.29) is 0 Å². The average molecular weight is 271 g/mol. The van der Waals surface area contributed by atoms with Crippen LogP contribution >= 0.6 is 11.6 Å². The minimum atomic E-state index is 0.437. The zero-order valence-electron chi connectivity index (χ0n) is 9.99. The fraction of sp³-hybridized carbons (Fsp3) is 0. The molecule has 3 nitrogen and oxygen atoms in total. The standard InChI is InChI=1S/C15H11ClN2O/c16-12-6-2-3-7-13(12)17-15-10-9-11-5-1-4-8-14(11)18(15)19/h1-10,19H. The molecule has 0 fully saturated rings. The number of halogens is 1. The third-order valence-corrected chi connectivity index (χ3v) is 3.20. The third kappa shape index (κ3) is 2.20. The van der Waals surface area contributed by atoms with Crippen LogP contribution in [0.4, 0.5) is 5.69 Å². The van der Waals surface area contributed by atoms with Crippen LogP contribution in [-0.2, 0) is 0 Å². The summed E-state index contributed by atoms with van der Waals surface area (Å²) in [4.78, 5) is 4.37.